The maximum absolute atomic E-state index is 11.4. The van der Waals surface area contributed by atoms with Crippen molar-refractivity contribution in [2.75, 3.05) is 13.3 Å². The third-order valence-corrected chi connectivity index (χ3v) is 3.34. The number of hydrogen-bond donors (Lipinski definition) is 0. The summed E-state index contributed by atoms with van der Waals surface area (Å²) in [6.45, 7) is 2.51. The number of carbonyl (C=O) groups excluding carboxylic acids is 1. The second-order valence-electron chi connectivity index (χ2n) is 3.33. The van der Waals surface area contributed by atoms with E-state index in [0.717, 1.165) is 9.46 Å². The fourth-order valence-corrected chi connectivity index (χ4v) is 2.28. The Kier molecular flexibility index (Phi) is 2.85. The van der Waals surface area contributed by atoms with Crippen molar-refractivity contribution in [3.63, 3.8) is 0 Å². The van der Waals surface area contributed by atoms with Crippen LogP contribution in [0, 0.1) is 5.92 Å². The van der Waals surface area contributed by atoms with E-state index in [1.54, 1.807) is 6.92 Å². The lowest BCUT2D eigenvalue weighted by Gasteiger charge is -2.12. The second kappa shape index (κ2) is 3.96. The summed E-state index contributed by atoms with van der Waals surface area (Å²) in [7, 11) is 0. The van der Waals surface area contributed by atoms with Gasteiger partial charge >= 0.3 is 6.09 Å². The van der Waals surface area contributed by atoms with E-state index >= 15 is 0 Å². The second-order valence-corrected chi connectivity index (χ2v) is 4.35. The monoisotopic (exact) mass is 309 g/mol. The van der Waals surface area contributed by atoms with Gasteiger partial charge in [0.2, 0.25) is 0 Å². The minimum atomic E-state index is -0.312. The molecule has 1 fully saturated rings. The van der Waals surface area contributed by atoms with Crippen molar-refractivity contribution in [1.82, 2.24) is 4.90 Å². The van der Waals surface area contributed by atoms with E-state index in [-0.39, 0.29) is 6.09 Å². The van der Waals surface area contributed by atoms with Crippen LogP contribution in [0.15, 0.2) is 9.46 Å². The molecule has 0 N–H and O–H groups in total. The lowest BCUT2D eigenvalue weighted by Crippen LogP contribution is -2.27. The van der Waals surface area contributed by atoms with E-state index in [9.17, 15) is 4.79 Å². The van der Waals surface area contributed by atoms with Gasteiger partial charge in [-0.1, -0.05) is 0 Å². The van der Waals surface area contributed by atoms with Crippen molar-refractivity contribution in [1.29, 1.82) is 0 Å². The van der Waals surface area contributed by atoms with E-state index < -0.39 is 0 Å². The predicted molar refractivity (Wildman–Crippen MR) is 58.6 cm³/mol. The van der Waals surface area contributed by atoms with Crippen molar-refractivity contribution < 1.29 is 14.3 Å². The summed E-state index contributed by atoms with van der Waals surface area (Å²) in [5.41, 5.74) is 0. The molecule has 1 heterocycles. The van der Waals surface area contributed by atoms with Crippen LogP contribution in [0.3, 0.4) is 0 Å². The van der Waals surface area contributed by atoms with E-state index in [1.165, 1.54) is 17.7 Å². The third kappa shape index (κ3) is 1.82. The zero-order valence-corrected chi connectivity index (χ0v) is 10.1. The molecule has 1 aliphatic carbocycles. The van der Waals surface area contributed by atoms with E-state index in [4.69, 9.17) is 9.47 Å². The van der Waals surface area contributed by atoms with Crippen LogP contribution in [0.1, 0.15) is 19.8 Å². The van der Waals surface area contributed by atoms with Crippen molar-refractivity contribution in [3.05, 3.63) is 9.46 Å². The predicted octanol–water partition coefficient (Wildman–Crippen LogP) is 2.45. The smallest absolute Gasteiger partial charge is 0.417 e. The van der Waals surface area contributed by atoms with Gasteiger partial charge in [-0.3, -0.25) is 0 Å². The van der Waals surface area contributed by atoms with Crippen molar-refractivity contribution >= 4 is 28.7 Å². The van der Waals surface area contributed by atoms with Crippen LogP contribution in [0.5, 0.6) is 0 Å². The Morgan fingerprint density at radius 2 is 2.43 bits per heavy atom. The number of hydrogen-bond acceptors (Lipinski definition) is 3. The first-order valence-electron chi connectivity index (χ1n) is 4.70. The van der Waals surface area contributed by atoms with Crippen LogP contribution in [0.4, 0.5) is 4.79 Å². The number of nitrogens with zero attached hydrogens (tertiary/aromatic N) is 1. The Hall–Kier alpha value is -0.460. The fraction of sp³-hybridized carbons (Fsp3) is 0.667. The molecule has 0 aromatic rings. The van der Waals surface area contributed by atoms with Crippen molar-refractivity contribution in [2.24, 2.45) is 5.92 Å². The summed E-state index contributed by atoms with van der Waals surface area (Å²) in [6, 6.07) is 0. The molecule has 0 spiro atoms. The zero-order chi connectivity index (χ0) is 10.1. The number of halogens is 1. The molecule has 5 heteroatoms. The number of rotatable bonds is 2. The molecule has 0 aromatic heterocycles. The van der Waals surface area contributed by atoms with Gasteiger partial charge in [-0.05, 0) is 42.4 Å². The minimum absolute atomic E-state index is 0.308. The van der Waals surface area contributed by atoms with Crippen molar-refractivity contribution in [3.8, 4) is 0 Å². The molecular formula is C9H12INO3. The Bertz CT molecular complexity index is 286. The van der Waals surface area contributed by atoms with Gasteiger partial charge in [0.25, 0.3) is 0 Å². The molecule has 2 aliphatic rings. The van der Waals surface area contributed by atoms with Gasteiger partial charge in [-0.15, -0.1) is 0 Å². The molecule has 0 aromatic carbocycles. The van der Waals surface area contributed by atoms with Gasteiger partial charge in [0.1, 0.15) is 9.46 Å². The molecule has 1 amide bonds. The van der Waals surface area contributed by atoms with Crippen LogP contribution in [-0.2, 0) is 9.47 Å². The molecule has 4 nitrogen and oxygen atoms in total. The normalized spacial score (nSPS) is 21.1. The summed E-state index contributed by atoms with van der Waals surface area (Å²) in [6.07, 6.45) is 2.05. The Morgan fingerprint density at radius 1 is 1.71 bits per heavy atom. The quantitative estimate of drug-likeness (QED) is 0.581. The van der Waals surface area contributed by atoms with Crippen LogP contribution in [0.2, 0.25) is 0 Å². The molecule has 1 saturated carbocycles. The summed E-state index contributed by atoms with van der Waals surface area (Å²) in [5.74, 6) is 1.51. The minimum Gasteiger partial charge on any atom is -0.474 e. The molecular weight excluding hydrogens is 297 g/mol. The van der Waals surface area contributed by atoms with Gasteiger partial charge < -0.3 is 9.47 Å². The molecule has 0 saturated heterocycles. The zero-order valence-electron chi connectivity index (χ0n) is 7.96. The van der Waals surface area contributed by atoms with Crippen LogP contribution < -0.4 is 0 Å². The average molecular weight is 309 g/mol. The summed E-state index contributed by atoms with van der Waals surface area (Å²) < 4.78 is 11.3. The van der Waals surface area contributed by atoms with E-state index in [0.29, 0.717) is 19.3 Å². The molecule has 0 atom stereocenters. The molecule has 2 rings (SSSR count). The highest BCUT2D eigenvalue weighted by Crippen LogP contribution is 2.43. The van der Waals surface area contributed by atoms with Crippen LogP contribution >= 0.6 is 22.6 Å². The molecule has 14 heavy (non-hydrogen) atoms. The first kappa shape index (κ1) is 10.1. The maximum atomic E-state index is 11.4. The first-order chi connectivity index (χ1) is 6.74. The average Bonchev–Trinajstić information content (AvgIpc) is 2.91. The highest BCUT2D eigenvalue weighted by Gasteiger charge is 2.37. The lowest BCUT2D eigenvalue weighted by atomic mass is 10.4. The Morgan fingerprint density at radius 3 is 3.00 bits per heavy atom. The molecule has 0 radical (unpaired) electrons. The van der Waals surface area contributed by atoms with Crippen molar-refractivity contribution in [2.45, 2.75) is 19.8 Å². The fourth-order valence-electron chi connectivity index (χ4n) is 1.35. The van der Waals surface area contributed by atoms with Gasteiger partial charge in [0.05, 0.1) is 6.61 Å². The number of ether oxygens (including phenoxy) is 2. The number of allylic oxidation sites excluding steroid dienone is 1. The molecule has 1 aliphatic heterocycles. The van der Waals surface area contributed by atoms with E-state index in [1.807, 2.05) is 0 Å². The van der Waals surface area contributed by atoms with Gasteiger partial charge in [-0.2, -0.15) is 0 Å². The molecule has 0 unspecified atom stereocenters. The van der Waals surface area contributed by atoms with Gasteiger partial charge in [0.15, 0.2) is 6.73 Å². The molecule has 0 bridgehead atoms. The standard InChI is InChI=1S/C9H12INO3/c1-2-13-9(12)11-5-14-7(8(11)10)6-3-4-6/h6H,2-5H2,1H3. The topological polar surface area (TPSA) is 38.8 Å². The summed E-state index contributed by atoms with van der Waals surface area (Å²) in [5, 5.41) is 0. The SMILES string of the molecule is CCOC(=O)N1COC(C2CC2)=C1I. The summed E-state index contributed by atoms with van der Waals surface area (Å²) >= 11 is 2.15. The van der Waals surface area contributed by atoms with E-state index in [2.05, 4.69) is 22.6 Å². The first-order valence-corrected chi connectivity index (χ1v) is 5.78. The van der Waals surface area contributed by atoms with Crippen LogP contribution in [-0.4, -0.2) is 24.3 Å². The molecule has 78 valence electrons. The number of amides is 1. The Labute approximate surface area is 96.4 Å². The third-order valence-electron chi connectivity index (χ3n) is 2.23. The summed E-state index contributed by atoms with van der Waals surface area (Å²) in [4.78, 5) is 13.0. The largest absolute Gasteiger partial charge is 0.474 e. The number of carbonyl (C=O) groups is 1. The maximum Gasteiger partial charge on any atom is 0.417 e. The van der Waals surface area contributed by atoms with Gasteiger partial charge in [0, 0.05) is 5.92 Å². The van der Waals surface area contributed by atoms with Gasteiger partial charge in [-0.25, -0.2) is 9.69 Å². The highest BCUT2D eigenvalue weighted by atomic mass is 127. The lowest BCUT2D eigenvalue weighted by molar-refractivity contribution is 0.0918. The highest BCUT2D eigenvalue weighted by molar-refractivity contribution is 14.1. The Balaban J connectivity index is 2.04. The van der Waals surface area contributed by atoms with Crippen LogP contribution in [0.25, 0.3) is 0 Å².